The summed E-state index contributed by atoms with van der Waals surface area (Å²) in [6, 6.07) is 2.19. The lowest BCUT2D eigenvalue weighted by atomic mass is 9.88. The molecule has 0 amide bonds. The number of thioether (sulfide) groups is 1. The van der Waals surface area contributed by atoms with Crippen molar-refractivity contribution in [3.05, 3.63) is 0 Å². The maximum Gasteiger partial charge on any atom is 0.0621 e. The van der Waals surface area contributed by atoms with E-state index in [9.17, 15) is 0 Å². The SMILES string of the molecule is C#CCSCCNCC(C)(C)CCC#N. The number of hydrogen-bond acceptors (Lipinski definition) is 3. The number of rotatable bonds is 8. The summed E-state index contributed by atoms with van der Waals surface area (Å²) in [6.07, 6.45) is 6.74. The highest BCUT2D eigenvalue weighted by atomic mass is 32.2. The second-order valence-corrected chi connectivity index (χ2v) is 5.36. The standard InChI is InChI=1S/C12H20N2S/c1-4-9-15-10-8-14-11-12(2,3)6-5-7-13/h1,14H,5-6,8-11H2,2-3H3. The Hall–Kier alpha value is -0.640. The molecule has 0 aliphatic carbocycles. The van der Waals surface area contributed by atoms with E-state index in [0.29, 0.717) is 6.42 Å². The minimum absolute atomic E-state index is 0.215. The van der Waals surface area contributed by atoms with Gasteiger partial charge in [-0.25, -0.2) is 0 Å². The number of nitriles is 1. The summed E-state index contributed by atoms with van der Waals surface area (Å²) in [4.78, 5) is 0. The molecule has 84 valence electrons. The van der Waals surface area contributed by atoms with Crippen LogP contribution in [0, 0.1) is 29.1 Å². The van der Waals surface area contributed by atoms with Crippen LogP contribution in [0.1, 0.15) is 26.7 Å². The molecule has 2 nitrogen and oxygen atoms in total. The molecule has 0 fully saturated rings. The summed E-state index contributed by atoms with van der Waals surface area (Å²) in [6.45, 7) is 6.32. The van der Waals surface area contributed by atoms with Crippen LogP contribution >= 0.6 is 11.8 Å². The zero-order valence-electron chi connectivity index (χ0n) is 9.68. The molecule has 0 aromatic heterocycles. The third-order valence-electron chi connectivity index (χ3n) is 2.13. The summed E-state index contributed by atoms with van der Waals surface area (Å²) in [7, 11) is 0. The zero-order valence-corrected chi connectivity index (χ0v) is 10.5. The summed E-state index contributed by atoms with van der Waals surface area (Å²) >= 11 is 1.77. The van der Waals surface area contributed by atoms with Crippen molar-refractivity contribution in [2.45, 2.75) is 26.7 Å². The van der Waals surface area contributed by atoms with Gasteiger partial charge in [-0.15, -0.1) is 18.2 Å². The van der Waals surface area contributed by atoms with Gasteiger partial charge in [-0.1, -0.05) is 19.8 Å². The second-order valence-electron chi connectivity index (χ2n) is 4.26. The number of hydrogen-bond donors (Lipinski definition) is 1. The van der Waals surface area contributed by atoms with E-state index in [1.54, 1.807) is 11.8 Å². The Labute approximate surface area is 97.8 Å². The molecule has 0 unspecified atom stereocenters. The highest BCUT2D eigenvalue weighted by molar-refractivity contribution is 7.99. The minimum Gasteiger partial charge on any atom is -0.315 e. The van der Waals surface area contributed by atoms with Gasteiger partial charge in [-0.3, -0.25) is 0 Å². The Kier molecular flexibility index (Phi) is 8.28. The molecule has 0 saturated carbocycles. The Morgan fingerprint density at radius 2 is 2.20 bits per heavy atom. The molecule has 3 heteroatoms. The van der Waals surface area contributed by atoms with Crippen LogP contribution < -0.4 is 5.32 Å². The Morgan fingerprint density at radius 1 is 1.47 bits per heavy atom. The number of terminal acetylenes is 1. The molecule has 0 rings (SSSR count). The van der Waals surface area contributed by atoms with Crippen molar-refractivity contribution in [2.24, 2.45) is 5.41 Å². The van der Waals surface area contributed by atoms with Crippen molar-refractivity contribution < 1.29 is 0 Å². The van der Waals surface area contributed by atoms with E-state index in [1.807, 2.05) is 0 Å². The highest BCUT2D eigenvalue weighted by Gasteiger charge is 2.16. The van der Waals surface area contributed by atoms with Gasteiger partial charge in [-0.05, 0) is 11.8 Å². The molecular formula is C12H20N2S. The number of nitrogens with zero attached hydrogens (tertiary/aromatic N) is 1. The lowest BCUT2D eigenvalue weighted by molar-refractivity contribution is 0.322. The first-order chi connectivity index (χ1) is 7.12. The summed E-state index contributed by atoms with van der Waals surface area (Å²) in [5, 5.41) is 11.9. The van der Waals surface area contributed by atoms with Crippen LogP contribution in [0.3, 0.4) is 0 Å². The quantitative estimate of drug-likeness (QED) is 0.507. The van der Waals surface area contributed by atoms with E-state index in [1.165, 1.54) is 0 Å². The van der Waals surface area contributed by atoms with E-state index in [4.69, 9.17) is 11.7 Å². The summed E-state index contributed by atoms with van der Waals surface area (Å²) < 4.78 is 0. The monoisotopic (exact) mass is 224 g/mol. The fraction of sp³-hybridized carbons (Fsp3) is 0.750. The molecule has 0 spiro atoms. The molecule has 15 heavy (non-hydrogen) atoms. The Morgan fingerprint density at radius 3 is 2.80 bits per heavy atom. The van der Waals surface area contributed by atoms with Gasteiger partial charge in [0.1, 0.15) is 0 Å². The molecule has 0 heterocycles. The van der Waals surface area contributed by atoms with Crippen molar-refractivity contribution in [1.29, 1.82) is 5.26 Å². The van der Waals surface area contributed by atoms with E-state index in [-0.39, 0.29) is 5.41 Å². The van der Waals surface area contributed by atoms with Gasteiger partial charge < -0.3 is 5.32 Å². The van der Waals surface area contributed by atoms with Gasteiger partial charge in [0.25, 0.3) is 0 Å². The van der Waals surface area contributed by atoms with Crippen molar-refractivity contribution >= 4 is 11.8 Å². The molecule has 0 aromatic carbocycles. The van der Waals surface area contributed by atoms with Crippen LogP contribution in [0.15, 0.2) is 0 Å². The van der Waals surface area contributed by atoms with Crippen LogP contribution in [-0.4, -0.2) is 24.6 Å². The smallest absolute Gasteiger partial charge is 0.0621 e. The normalized spacial score (nSPS) is 10.7. The molecule has 0 aliphatic heterocycles. The Balaban J connectivity index is 3.41. The molecule has 0 saturated heterocycles. The average molecular weight is 224 g/mol. The van der Waals surface area contributed by atoms with Gasteiger partial charge in [0.2, 0.25) is 0 Å². The van der Waals surface area contributed by atoms with Crippen molar-refractivity contribution in [2.75, 3.05) is 24.6 Å². The predicted octanol–water partition coefficient (Wildman–Crippen LogP) is 2.27. The zero-order chi connectivity index (χ0) is 11.6. The van der Waals surface area contributed by atoms with Gasteiger partial charge >= 0.3 is 0 Å². The first kappa shape index (κ1) is 14.4. The third kappa shape index (κ3) is 9.66. The van der Waals surface area contributed by atoms with Crippen LogP contribution in [-0.2, 0) is 0 Å². The number of nitrogens with one attached hydrogen (secondary N) is 1. The van der Waals surface area contributed by atoms with Crippen molar-refractivity contribution in [1.82, 2.24) is 5.32 Å². The molecule has 0 atom stereocenters. The summed E-state index contributed by atoms with van der Waals surface area (Å²) in [5.41, 5.74) is 0.215. The van der Waals surface area contributed by atoms with Crippen molar-refractivity contribution in [3.8, 4) is 18.4 Å². The van der Waals surface area contributed by atoms with E-state index >= 15 is 0 Å². The van der Waals surface area contributed by atoms with E-state index in [2.05, 4.69) is 31.2 Å². The van der Waals surface area contributed by atoms with Crippen LogP contribution in [0.2, 0.25) is 0 Å². The average Bonchev–Trinajstić information content (AvgIpc) is 2.20. The lowest BCUT2D eigenvalue weighted by Gasteiger charge is -2.23. The Bertz CT molecular complexity index is 235. The maximum atomic E-state index is 8.51. The first-order valence-corrected chi connectivity index (χ1v) is 6.37. The van der Waals surface area contributed by atoms with Gasteiger partial charge in [-0.2, -0.15) is 5.26 Å². The molecule has 0 bridgehead atoms. The van der Waals surface area contributed by atoms with Gasteiger partial charge in [0.15, 0.2) is 0 Å². The predicted molar refractivity (Wildman–Crippen MR) is 67.7 cm³/mol. The fourth-order valence-corrected chi connectivity index (χ4v) is 1.74. The molecule has 0 radical (unpaired) electrons. The molecular weight excluding hydrogens is 204 g/mol. The molecule has 0 aliphatic rings. The van der Waals surface area contributed by atoms with Gasteiger partial charge in [0.05, 0.1) is 11.8 Å². The largest absolute Gasteiger partial charge is 0.315 e. The molecule has 0 aromatic rings. The summed E-state index contributed by atoms with van der Waals surface area (Å²) in [5.74, 6) is 4.45. The van der Waals surface area contributed by atoms with Crippen molar-refractivity contribution in [3.63, 3.8) is 0 Å². The molecule has 1 N–H and O–H groups in total. The van der Waals surface area contributed by atoms with Crippen LogP contribution in [0.5, 0.6) is 0 Å². The first-order valence-electron chi connectivity index (χ1n) is 5.21. The fourth-order valence-electron chi connectivity index (χ4n) is 1.18. The minimum atomic E-state index is 0.215. The van der Waals surface area contributed by atoms with E-state index in [0.717, 1.165) is 31.0 Å². The topological polar surface area (TPSA) is 35.8 Å². The van der Waals surface area contributed by atoms with E-state index < -0.39 is 0 Å². The maximum absolute atomic E-state index is 8.51. The van der Waals surface area contributed by atoms with Crippen LogP contribution in [0.25, 0.3) is 0 Å². The highest BCUT2D eigenvalue weighted by Crippen LogP contribution is 2.20. The second kappa shape index (κ2) is 8.65. The van der Waals surface area contributed by atoms with Gasteiger partial charge in [0, 0.05) is 25.3 Å². The van der Waals surface area contributed by atoms with Crippen LogP contribution in [0.4, 0.5) is 0 Å². The lowest BCUT2D eigenvalue weighted by Crippen LogP contribution is -2.30. The third-order valence-corrected chi connectivity index (χ3v) is 2.99.